The molecule has 1 aromatic rings. The van der Waals surface area contributed by atoms with Crippen LogP contribution in [0.15, 0.2) is 18.5 Å². The third-order valence-electron chi connectivity index (χ3n) is 2.68. The lowest BCUT2D eigenvalue weighted by Crippen LogP contribution is -2.29. The number of aromatic amines is 1. The van der Waals surface area contributed by atoms with Crippen LogP contribution in [0.1, 0.15) is 31.9 Å². The molecule has 0 amide bonds. The van der Waals surface area contributed by atoms with Gasteiger partial charge >= 0.3 is 0 Å². The molecule has 0 saturated carbocycles. The summed E-state index contributed by atoms with van der Waals surface area (Å²) in [7, 11) is 1.99. The Morgan fingerprint density at radius 3 is 2.71 bits per heavy atom. The number of H-pyrrole nitrogens is 1. The van der Waals surface area contributed by atoms with Gasteiger partial charge in [-0.3, -0.25) is 0 Å². The Morgan fingerprint density at radius 1 is 1.57 bits per heavy atom. The van der Waals surface area contributed by atoms with Gasteiger partial charge < -0.3 is 16.0 Å². The van der Waals surface area contributed by atoms with Crippen LogP contribution in [0.4, 0.5) is 0 Å². The molecule has 0 aliphatic rings. The third-order valence-corrected chi connectivity index (χ3v) is 2.68. The molecule has 3 heteroatoms. The highest BCUT2D eigenvalue weighted by Gasteiger charge is 2.22. The van der Waals surface area contributed by atoms with Crippen LogP contribution in [0.25, 0.3) is 0 Å². The Kier molecular flexibility index (Phi) is 3.72. The Bertz CT molecular complexity index is 252. The molecule has 0 bridgehead atoms. The first kappa shape index (κ1) is 11.3. The first-order valence-electron chi connectivity index (χ1n) is 5.09. The molecule has 1 atom stereocenters. The molecule has 3 nitrogen and oxygen atoms in total. The van der Waals surface area contributed by atoms with Gasteiger partial charge in [0, 0.05) is 18.4 Å². The maximum absolute atomic E-state index is 5.73. The van der Waals surface area contributed by atoms with Crippen LogP contribution in [0, 0.1) is 5.41 Å². The van der Waals surface area contributed by atoms with Crippen LogP contribution >= 0.6 is 0 Å². The average Bonchev–Trinajstić information content (AvgIpc) is 2.67. The summed E-state index contributed by atoms with van der Waals surface area (Å²) in [5.74, 6) is 0. The molecule has 0 saturated heterocycles. The Balaban J connectivity index is 2.65. The van der Waals surface area contributed by atoms with E-state index in [-0.39, 0.29) is 5.41 Å². The van der Waals surface area contributed by atoms with E-state index in [1.807, 2.05) is 19.4 Å². The van der Waals surface area contributed by atoms with Gasteiger partial charge in [0.25, 0.3) is 0 Å². The van der Waals surface area contributed by atoms with Crippen molar-refractivity contribution < 1.29 is 0 Å². The molecule has 80 valence electrons. The molecule has 4 N–H and O–H groups in total. The van der Waals surface area contributed by atoms with Gasteiger partial charge in [-0.15, -0.1) is 0 Å². The lowest BCUT2D eigenvalue weighted by atomic mass is 9.84. The number of hydrogen-bond acceptors (Lipinski definition) is 2. The minimum absolute atomic E-state index is 0.185. The normalized spacial score (nSPS) is 14.3. The van der Waals surface area contributed by atoms with E-state index in [1.165, 1.54) is 5.56 Å². The van der Waals surface area contributed by atoms with Gasteiger partial charge in [0.2, 0.25) is 0 Å². The minimum atomic E-state index is 0.185. The molecular formula is C11H21N3. The highest BCUT2D eigenvalue weighted by molar-refractivity contribution is 5.14. The van der Waals surface area contributed by atoms with E-state index in [1.54, 1.807) is 0 Å². The van der Waals surface area contributed by atoms with Crippen molar-refractivity contribution in [3.63, 3.8) is 0 Å². The fraction of sp³-hybridized carbons (Fsp3) is 0.636. The van der Waals surface area contributed by atoms with E-state index >= 15 is 0 Å². The zero-order valence-electron chi connectivity index (χ0n) is 9.30. The Hall–Kier alpha value is -0.800. The van der Waals surface area contributed by atoms with E-state index in [2.05, 4.69) is 30.2 Å². The zero-order valence-corrected chi connectivity index (χ0v) is 9.30. The first-order valence-corrected chi connectivity index (χ1v) is 5.09. The maximum Gasteiger partial charge on any atom is 0.0338 e. The summed E-state index contributed by atoms with van der Waals surface area (Å²) in [6.07, 6.45) is 5.04. The molecular weight excluding hydrogens is 174 g/mol. The van der Waals surface area contributed by atoms with Crippen molar-refractivity contribution in [3.8, 4) is 0 Å². The van der Waals surface area contributed by atoms with E-state index in [9.17, 15) is 0 Å². The van der Waals surface area contributed by atoms with Gasteiger partial charge in [-0.25, -0.2) is 0 Å². The third kappa shape index (κ3) is 2.86. The summed E-state index contributed by atoms with van der Waals surface area (Å²) in [5, 5.41) is 3.32. The molecule has 0 aliphatic carbocycles. The predicted molar refractivity (Wildman–Crippen MR) is 60.0 cm³/mol. The monoisotopic (exact) mass is 195 g/mol. The van der Waals surface area contributed by atoms with Gasteiger partial charge in [-0.2, -0.15) is 0 Å². The van der Waals surface area contributed by atoms with Crippen LogP contribution in [0.3, 0.4) is 0 Å². The number of hydrogen-bond donors (Lipinski definition) is 3. The summed E-state index contributed by atoms with van der Waals surface area (Å²) in [6, 6.07) is 2.49. The SMILES string of the molecule is CNC(CC(C)(C)CN)c1cc[nH]c1. The number of nitrogens with two attached hydrogens (primary N) is 1. The molecule has 0 aliphatic heterocycles. The summed E-state index contributed by atoms with van der Waals surface area (Å²) < 4.78 is 0. The maximum atomic E-state index is 5.73. The van der Waals surface area contributed by atoms with E-state index in [0.717, 1.165) is 13.0 Å². The van der Waals surface area contributed by atoms with E-state index in [4.69, 9.17) is 5.73 Å². The van der Waals surface area contributed by atoms with E-state index < -0.39 is 0 Å². The average molecular weight is 195 g/mol. The van der Waals surface area contributed by atoms with Crippen molar-refractivity contribution in [2.45, 2.75) is 26.3 Å². The van der Waals surface area contributed by atoms with Crippen molar-refractivity contribution in [1.29, 1.82) is 0 Å². The first-order chi connectivity index (χ1) is 6.59. The van der Waals surface area contributed by atoms with Gasteiger partial charge in [-0.05, 0) is 37.1 Å². The summed E-state index contributed by atoms with van der Waals surface area (Å²) in [6.45, 7) is 5.11. The van der Waals surface area contributed by atoms with Crippen molar-refractivity contribution in [2.75, 3.05) is 13.6 Å². The second kappa shape index (κ2) is 4.62. The fourth-order valence-electron chi connectivity index (χ4n) is 1.58. The van der Waals surface area contributed by atoms with Crippen molar-refractivity contribution in [1.82, 2.24) is 10.3 Å². The van der Waals surface area contributed by atoms with Crippen LogP contribution in [-0.4, -0.2) is 18.6 Å². The standard InChI is InChI=1S/C11H21N3/c1-11(2,8-12)6-10(13-3)9-4-5-14-7-9/h4-5,7,10,13-14H,6,8,12H2,1-3H3. The van der Waals surface area contributed by atoms with Crippen molar-refractivity contribution in [3.05, 3.63) is 24.0 Å². The van der Waals surface area contributed by atoms with Crippen molar-refractivity contribution in [2.24, 2.45) is 11.1 Å². The molecule has 1 aromatic heterocycles. The molecule has 0 radical (unpaired) electrons. The van der Waals surface area contributed by atoms with Crippen LogP contribution < -0.4 is 11.1 Å². The summed E-state index contributed by atoms with van der Waals surface area (Å²) in [4.78, 5) is 3.08. The molecule has 14 heavy (non-hydrogen) atoms. The lowest BCUT2D eigenvalue weighted by Gasteiger charge is -2.27. The largest absolute Gasteiger partial charge is 0.367 e. The van der Waals surface area contributed by atoms with E-state index in [0.29, 0.717) is 6.04 Å². The second-order valence-corrected chi connectivity index (χ2v) is 4.56. The molecule has 1 rings (SSSR count). The fourth-order valence-corrected chi connectivity index (χ4v) is 1.58. The number of rotatable bonds is 5. The smallest absolute Gasteiger partial charge is 0.0338 e. The quantitative estimate of drug-likeness (QED) is 0.669. The van der Waals surface area contributed by atoms with Gasteiger partial charge in [-0.1, -0.05) is 13.8 Å². The zero-order chi connectivity index (χ0) is 10.6. The summed E-state index contributed by atoms with van der Waals surface area (Å²) in [5.41, 5.74) is 7.21. The number of aromatic nitrogens is 1. The van der Waals surface area contributed by atoms with Gasteiger partial charge in [0.05, 0.1) is 0 Å². The molecule has 0 aromatic carbocycles. The summed E-state index contributed by atoms with van der Waals surface area (Å²) >= 11 is 0. The Labute approximate surface area is 86.1 Å². The lowest BCUT2D eigenvalue weighted by molar-refractivity contribution is 0.299. The Morgan fingerprint density at radius 2 is 2.29 bits per heavy atom. The van der Waals surface area contributed by atoms with Crippen LogP contribution in [0.5, 0.6) is 0 Å². The highest BCUT2D eigenvalue weighted by atomic mass is 14.9. The second-order valence-electron chi connectivity index (χ2n) is 4.56. The van der Waals surface area contributed by atoms with Crippen LogP contribution in [-0.2, 0) is 0 Å². The minimum Gasteiger partial charge on any atom is -0.367 e. The highest BCUT2D eigenvalue weighted by Crippen LogP contribution is 2.28. The molecule has 1 unspecified atom stereocenters. The molecule has 1 heterocycles. The van der Waals surface area contributed by atoms with Gasteiger partial charge in [0.15, 0.2) is 0 Å². The van der Waals surface area contributed by atoms with Gasteiger partial charge in [0.1, 0.15) is 0 Å². The number of nitrogens with one attached hydrogen (secondary N) is 2. The topological polar surface area (TPSA) is 53.8 Å². The molecule has 0 fully saturated rings. The predicted octanol–water partition coefficient (Wildman–Crippen LogP) is 1.65. The molecule has 0 spiro atoms. The van der Waals surface area contributed by atoms with Crippen molar-refractivity contribution >= 4 is 0 Å². The van der Waals surface area contributed by atoms with Crippen LogP contribution in [0.2, 0.25) is 0 Å².